The number of benzene rings is 1. The standard InChI is InChI=1S/C13H10N4S/c14-12(18)10-7-9-3-1-2-4-11(9)16-13(10)17-6-5-15-8-17/h1-8H,(H2,14,18). The van der Waals surface area contributed by atoms with E-state index < -0.39 is 0 Å². The predicted molar refractivity (Wildman–Crippen MR) is 74.8 cm³/mol. The molecular formula is C13H10N4S. The maximum atomic E-state index is 5.77. The second kappa shape index (κ2) is 4.19. The molecule has 3 rings (SSSR count). The smallest absolute Gasteiger partial charge is 0.148 e. The van der Waals surface area contributed by atoms with Crippen molar-refractivity contribution in [1.29, 1.82) is 0 Å². The molecule has 88 valence electrons. The van der Waals surface area contributed by atoms with Gasteiger partial charge in [-0.3, -0.25) is 4.57 Å². The zero-order valence-corrected chi connectivity index (χ0v) is 10.3. The number of fused-ring (bicyclic) bond motifs is 1. The van der Waals surface area contributed by atoms with Gasteiger partial charge in [-0.1, -0.05) is 30.4 Å². The normalized spacial score (nSPS) is 10.7. The van der Waals surface area contributed by atoms with E-state index in [-0.39, 0.29) is 0 Å². The minimum Gasteiger partial charge on any atom is -0.389 e. The van der Waals surface area contributed by atoms with Gasteiger partial charge >= 0.3 is 0 Å². The van der Waals surface area contributed by atoms with E-state index in [2.05, 4.69) is 9.97 Å². The van der Waals surface area contributed by atoms with Gasteiger partial charge < -0.3 is 5.73 Å². The number of para-hydroxylation sites is 1. The first-order chi connectivity index (χ1) is 8.75. The minimum atomic E-state index is 0.331. The molecule has 2 N–H and O–H groups in total. The molecule has 0 radical (unpaired) electrons. The van der Waals surface area contributed by atoms with Crippen LogP contribution in [0.4, 0.5) is 0 Å². The molecule has 0 aliphatic rings. The van der Waals surface area contributed by atoms with Gasteiger partial charge in [0.25, 0.3) is 0 Å². The van der Waals surface area contributed by atoms with Gasteiger partial charge in [-0.2, -0.15) is 0 Å². The number of hydrogen-bond acceptors (Lipinski definition) is 3. The Balaban J connectivity index is 2.34. The monoisotopic (exact) mass is 254 g/mol. The summed E-state index contributed by atoms with van der Waals surface area (Å²) >= 11 is 5.09. The molecule has 2 aromatic heterocycles. The molecule has 2 heterocycles. The van der Waals surface area contributed by atoms with Crippen molar-refractivity contribution in [3.63, 3.8) is 0 Å². The van der Waals surface area contributed by atoms with E-state index in [4.69, 9.17) is 18.0 Å². The summed E-state index contributed by atoms with van der Waals surface area (Å²) in [5.74, 6) is 0.707. The molecule has 0 unspecified atom stereocenters. The fourth-order valence-electron chi connectivity index (χ4n) is 1.87. The Bertz CT molecular complexity index is 719. The van der Waals surface area contributed by atoms with Gasteiger partial charge in [0.1, 0.15) is 17.1 Å². The number of hydrogen-bond donors (Lipinski definition) is 1. The summed E-state index contributed by atoms with van der Waals surface area (Å²) in [7, 11) is 0. The lowest BCUT2D eigenvalue weighted by molar-refractivity contribution is 1.00. The molecule has 4 nitrogen and oxygen atoms in total. The molecular weight excluding hydrogens is 244 g/mol. The van der Waals surface area contributed by atoms with Crippen LogP contribution in [0.25, 0.3) is 16.7 Å². The van der Waals surface area contributed by atoms with Crippen LogP contribution in [0.3, 0.4) is 0 Å². The van der Waals surface area contributed by atoms with Gasteiger partial charge in [-0.05, 0) is 12.1 Å². The highest BCUT2D eigenvalue weighted by atomic mass is 32.1. The van der Waals surface area contributed by atoms with Crippen molar-refractivity contribution in [3.8, 4) is 5.82 Å². The van der Waals surface area contributed by atoms with E-state index in [1.807, 2.05) is 36.5 Å². The molecule has 1 aromatic carbocycles. The SMILES string of the molecule is NC(=S)c1cc2ccccc2nc1-n1ccnc1. The molecule has 3 aromatic rings. The molecule has 0 aliphatic heterocycles. The van der Waals surface area contributed by atoms with Crippen LogP contribution in [0.5, 0.6) is 0 Å². The number of nitrogens with two attached hydrogens (primary N) is 1. The molecule has 0 saturated heterocycles. The Morgan fingerprint density at radius 3 is 2.83 bits per heavy atom. The number of nitrogens with zero attached hydrogens (tertiary/aromatic N) is 3. The zero-order valence-electron chi connectivity index (χ0n) is 9.45. The third-order valence-electron chi connectivity index (χ3n) is 2.72. The van der Waals surface area contributed by atoms with Crippen molar-refractivity contribution >= 4 is 28.1 Å². The lowest BCUT2D eigenvalue weighted by Gasteiger charge is -2.09. The molecule has 0 amide bonds. The van der Waals surface area contributed by atoms with Crippen LogP contribution in [0.1, 0.15) is 5.56 Å². The van der Waals surface area contributed by atoms with Crippen molar-refractivity contribution in [2.75, 3.05) is 0 Å². The van der Waals surface area contributed by atoms with E-state index in [1.165, 1.54) is 0 Å². The first kappa shape index (κ1) is 10.9. The molecule has 0 saturated carbocycles. The van der Waals surface area contributed by atoms with Crippen LogP contribution in [-0.2, 0) is 0 Å². The van der Waals surface area contributed by atoms with Crippen LogP contribution >= 0.6 is 12.2 Å². The summed E-state index contributed by atoms with van der Waals surface area (Å²) in [5.41, 5.74) is 7.42. The fourth-order valence-corrected chi connectivity index (χ4v) is 2.02. The number of pyridine rings is 1. The third-order valence-corrected chi connectivity index (χ3v) is 2.94. The van der Waals surface area contributed by atoms with Crippen LogP contribution < -0.4 is 5.73 Å². The molecule has 0 bridgehead atoms. The second-order valence-corrected chi connectivity index (χ2v) is 4.33. The molecule has 0 spiro atoms. The Morgan fingerprint density at radius 2 is 2.11 bits per heavy atom. The van der Waals surface area contributed by atoms with Gasteiger partial charge in [0.05, 0.1) is 11.1 Å². The van der Waals surface area contributed by atoms with E-state index in [0.29, 0.717) is 10.8 Å². The average Bonchev–Trinajstić information content (AvgIpc) is 2.91. The van der Waals surface area contributed by atoms with Crippen molar-refractivity contribution in [1.82, 2.24) is 14.5 Å². The molecule has 0 fully saturated rings. The number of rotatable bonds is 2. The Labute approximate surface area is 109 Å². The van der Waals surface area contributed by atoms with Gasteiger partial charge in [-0.25, -0.2) is 9.97 Å². The summed E-state index contributed by atoms with van der Waals surface area (Å²) in [5, 5.41) is 1.02. The highest BCUT2D eigenvalue weighted by molar-refractivity contribution is 7.80. The van der Waals surface area contributed by atoms with E-state index in [0.717, 1.165) is 16.5 Å². The lowest BCUT2D eigenvalue weighted by Crippen LogP contribution is -2.14. The summed E-state index contributed by atoms with van der Waals surface area (Å²) in [6.07, 6.45) is 5.19. The van der Waals surface area contributed by atoms with E-state index >= 15 is 0 Å². The average molecular weight is 254 g/mol. The minimum absolute atomic E-state index is 0.331. The highest BCUT2D eigenvalue weighted by Crippen LogP contribution is 2.19. The van der Waals surface area contributed by atoms with Crippen molar-refractivity contribution in [2.24, 2.45) is 5.73 Å². The Kier molecular flexibility index (Phi) is 2.53. The topological polar surface area (TPSA) is 56.7 Å². The quantitative estimate of drug-likeness (QED) is 0.711. The number of aromatic nitrogens is 3. The largest absolute Gasteiger partial charge is 0.389 e. The maximum Gasteiger partial charge on any atom is 0.148 e. The second-order valence-electron chi connectivity index (χ2n) is 3.89. The summed E-state index contributed by atoms with van der Waals surface area (Å²) in [6, 6.07) is 9.82. The van der Waals surface area contributed by atoms with E-state index in [1.54, 1.807) is 17.1 Å². The van der Waals surface area contributed by atoms with Crippen LogP contribution in [0.15, 0.2) is 49.1 Å². The van der Waals surface area contributed by atoms with Crippen LogP contribution in [0.2, 0.25) is 0 Å². The molecule has 5 heteroatoms. The first-order valence-corrected chi connectivity index (χ1v) is 5.84. The summed E-state index contributed by atoms with van der Waals surface area (Å²) in [6.45, 7) is 0. The number of imidazole rings is 1. The predicted octanol–water partition coefficient (Wildman–Crippen LogP) is 2.05. The van der Waals surface area contributed by atoms with Crippen molar-refractivity contribution in [2.45, 2.75) is 0 Å². The van der Waals surface area contributed by atoms with Gasteiger partial charge in [0.15, 0.2) is 0 Å². The fraction of sp³-hybridized carbons (Fsp3) is 0. The zero-order chi connectivity index (χ0) is 12.5. The van der Waals surface area contributed by atoms with Gasteiger partial charge in [0, 0.05) is 17.8 Å². The number of thiocarbonyl (C=S) groups is 1. The molecule has 0 aliphatic carbocycles. The Morgan fingerprint density at radius 1 is 1.28 bits per heavy atom. The summed E-state index contributed by atoms with van der Waals surface area (Å²) < 4.78 is 1.81. The van der Waals surface area contributed by atoms with Crippen LogP contribution in [-0.4, -0.2) is 19.5 Å². The summed E-state index contributed by atoms with van der Waals surface area (Å²) in [4.78, 5) is 8.94. The van der Waals surface area contributed by atoms with Gasteiger partial charge in [-0.15, -0.1) is 0 Å². The van der Waals surface area contributed by atoms with Crippen molar-refractivity contribution in [3.05, 3.63) is 54.6 Å². The highest BCUT2D eigenvalue weighted by Gasteiger charge is 2.10. The maximum absolute atomic E-state index is 5.77. The Hall–Kier alpha value is -2.27. The first-order valence-electron chi connectivity index (χ1n) is 5.43. The molecule has 0 atom stereocenters. The molecule has 18 heavy (non-hydrogen) atoms. The van der Waals surface area contributed by atoms with Crippen LogP contribution in [0, 0.1) is 0 Å². The third kappa shape index (κ3) is 1.74. The van der Waals surface area contributed by atoms with Gasteiger partial charge in [0.2, 0.25) is 0 Å². The lowest BCUT2D eigenvalue weighted by atomic mass is 10.1. The van der Waals surface area contributed by atoms with E-state index in [9.17, 15) is 0 Å². The van der Waals surface area contributed by atoms with Crippen molar-refractivity contribution < 1.29 is 0 Å².